The van der Waals surface area contributed by atoms with E-state index in [-0.39, 0.29) is 61.3 Å². The Morgan fingerprint density at radius 3 is 2.22 bits per heavy atom. The summed E-state index contributed by atoms with van der Waals surface area (Å²) in [6.45, 7) is 8.30. The molecule has 0 spiro atoms. The Balaban J connectivity index is 1.90. The lowest BCUT2D eigenvalue weighted by Gasteiger charge is -2.25. The number of hydrogen-bond donors (Lipinski definition) is 5. The van der Waals surface area contributed by atoms with E-state index in [2.05, 4.69) is 21.3 Å². The zero-order chi connectivity index (χ0) is 34.2. The third kappa shape index (κ3) is 12.1. The maximum atomic E-state index is 13.3. The SMILES string of the molecule is BCc1ccc(NC(=O)[C@H](CCCNC(N)=O)NC(=O)C(NC(=O)CCCCCN2C(=O)CC(C(CC)CC)C2=O)C(C)C)cc1. The number of imide groups is 1. The number of nitrogens with two attached hydrogens (primary N) is 1. The number of nitrogens with one attached hydrogen (secondary N) is 4. The second-order valence-corrected chi connectivity index (χ2v) is 12.4. The van der Waals surface area contributed by atoms with Crippen molar-refractivity contribution in [3.05, 3.63) is 29.8 Å². The molecule has 7 amide bonds. The third-order valence-electron chi connectivity index (χ3n) is 8.68. The fraction of sp³-hybridized carbons (Fsp3) is 0.636. The highest BCUT2D eigenvalue weighted by atomic mass is 16.2. The van der Waals surface area contributed by atoms with Crippen LogP contribution >= 0.6 is 0 Å². The molecule has 1 aliphatic heterocycles. The second-order valence-electron chi connectivity index (χ2n) is 12.4. The smallest absolute Gasteiger partial charge is 0.312 e. The molecule has 0 saturated carbocycles. The number of urea groups is 1. The molecule has 1 aliphatic rings. The standard InChI is InChI=1S/C33H53BN6O6/c1-5-23(6-2)25-19-28(42)40(32(25)45)18-9-7-8-12-27(41)39-29(21(3)4)31(44)38-26(11-10-17-36-33(35)46)30(43)37-24-15-13-22(20-34)14-16-24/h13-16,21,23,25-26,29H,5-12,17-20,34H2,1-4H3,(H,37,43)(H,38,44)(H,39,41)(H3,35,36,46)/t25?,26-,29?/m0/s1. The summed E-state index contributed by atoms with van der Waals surface area (Å²) in [4.78, 5) is 77.0. The number of benzene rings is 1. The van der Waals surface area contributed by atoms with Gasteiger partial charge in [-0.15, -0.1) is 0 Å². The molecular formula is C33H53BN6O6. The zero-order valence-corrected chi connectivity index (χ0v) is 28.2. The number of likely N-dealkylation sites (tertiary alicyclic amines) is 1. The number of rotatable bonds is 20. The van der Waals surface area contributed by atoms with E-state index in [1.54, 1.807) is 12.1 Å². The number of unbranched alkanes of at least 4 members (excludes halogenated alkanes) is 2. The van der Waals surface area contributed by atoms with Crippen molar-refractivity contribution in [1.82, 2.24) is 20.9 Å². The Labute approximate surface area is 274 Å². The number of anilines is 1. The molecule has 0 bridgehead atoms. The third-order valence-corrected chi connectivity index (χ3v) is 8.68. The van der Waals surface area contributed by atoms with Crippen LogP contribution in [-0.4, -0.2) is 73.5 Å². The highest BCUT2D eigenvalue weighted by molar-refractivity contribution is 6.08. The molecule has 13 heteroatoms. The van der Waals surface area contributed by atoms with E-state index in [0.717, 1.165) is 24.7 Å². The van der Waals surface area contributed by atoms with Crippen LogP contribution in [0.15, 0.2) is 24.3 Å². The topological polar surface area (TPSA) is 180 Å². The van der Waals surface area contributed by atoms with Crippen LogP contribution in [-0.2, 0) is 30.3 Å². The van der Waals surface area contributed by atoms with Gasteiger partial charge in [-0.3, -0.25) is 28.9 Å². The number of carbonyl (C=O) groups excluding carboxylic acids is 6. The van der Waals surface area contributed by atoms with Crippen molar-refractivity contribution in [2.45, 2.75) is 104 Å². The molecule has 1 saturated heterocycles. The van der Waals surface area contributed by atoms with Crippen LogP contribution in [0.5, 0.6) is 0 Å². The largest absolute Gasteiger partial charge is 0.352 e. The lowest BCUT2D eigenvalue weighted by atomic mass is 9.87. The first-order chi connectivity index (χ1) is 21.9. The maximum absolute atomic E-state index is 13.3. The predicted octanol–water partition coefficient (Wildman–Crippen LogP) is 2.20. The summed E-state index contributed by atoms with van der Waals surface area (Å²) in [7, 11) is 2.04. The van der Waals surface area contributed by atoms with Gasteiger partial charge in [-0.05, 0) is 49.7 Å². The molecular weight excluding hydrogens is 587 g/mol. The number of hydrogen-bond acceptors (Lipinski definition) is 6. The normalized spacial score (nSPS) is 16.0. The second kappa shape index (κ2) is 19.6. The molecule has 6 N–H and O–H groups in total. The van der Waals surface area contributed by atoms with E-state index >= 15 is 0 Å². The summed E-state index contributed by atoms with van der Waals surface area (Å²) in [6, 6.07) is 4.98. The molecule has 2 unspecified atom stereocenters. The lowest BCUT2D eigenvalue weighted by Crippen LogP contribution is -2.54. The van der Waals surface area contributed by atoms with Crippen LogP contribution in [0, 0.1) is 17.8 Å². The van der Waals surface area contributed by atoms with Crippen molar-refractivity contribution in [3.8, 4) is 0 Å². The fourth-order valence-electron chi connectivity index (χ4n) is 5.78. The Hall–Kier alpha value is -3.90. The van der Waals surface area contributed by atoms with Crippen molar-refractivity contribution in [2.24, 2.45) is 23.5 Å². The van der Waals surface area contributed by atoms with Gasteiger partial charge in [0.2, 0.25) is 29.5 Å². The van der Waals surface area contributed by atoms with Crippen LogP contribution in [0.25, 0.3) is 0 Å². The molecule has 1 fully saturated rings. The van der Waals surface area contributed by atoms with Crippen LogP contribution in [0.2, 0.25) is 0 Å². The molecule has 12 nitrogen and oxygen atoms in total. The van der Waals surface area contributed by atoms with Crippen LogP contribution < -0.4 is 27.0 Å². The van der Waals surface area contributed by atoms with Gasteiger partial charge in [-0.2, -0.15) is 0 Å². The van der Waals surface area contributed by atoms with Gasteiger partial charge in [0.15, 0.2) is 0 Å². The molecule has 1 aromatic carbocycles. The van der Waals surface area contributed by atoms with Crippen LogP contribution in [0.1, 0.15) is 91.0 Å². The molecule has 2 rings (SSSR count). The Kier molecular flexibility index (Phi) is 16.3. The zero-order valence-electron chi connectivity index (χ0n) is 28.2. The summed E-state index contributed by atoms with van der Waals surface area (Å²) in [6.07, 6.45) is 5.50. The van der Waals surface area contributed by atoms with Gasteiger partial charge in [-0.25, -0.2) is 4.79 Å². The van der Waals surface area contributed by atoms with E-state index in [1.165, 1.54) is 4.90 Å². The molecule has 254 valence electrons. The van der Waals surface area contributed by atoms with Gasteiger partial charge in [0.05, 0.1) is 5.92 Å². The molecule has 0 aliphatic carbocycles. The average molecular weight is 641 g/mol. The summed E-state index contributed by atoms with van der Waals surface area (Å²) in [5, 5.41) is 10.9. The van der Waals surface area contributed by atoms with E-state index in [4.69, 9.17) is 5.73 Å². The first kappa shape index (κ1) is 38.3. The van der Waals surface area contributed by atoms with Crippen molar-refractivity contribution in [2.75, 3.05) is 18.4 Å². The number of amides is 7. The minimum atomic E-state index is -0.910. The molecule has 1 heterocycles. The van der Waals surface area contributed by atoms with E-state index in [9.17, 15) is 28.8 Å². The van der Waals surface area contributed by atoms with E-state index in [1.807, 2.05) is 47.7 Å². The molecule has 1 aromatic rings. The van der Waals surface area contributed by atoms with Crippen molar-refractivity contribution >= 4 is 49.1 Å². The van der Waals surface area contributed by atoms with Crippen molar-refractivity contribution in [1.29, 1.82) is 0 Å². The summed E-state index contributed by atoms with van der Waals surface area (Å²) in [5.74, 6) is -1.63. The molecule has 0 radical (unpaired) electrons. The summed E-state index contributed by atoms with van der Waals surface area (Å²) >= 11 is 0. The summed E-state index contributed by atoms with van der Waals surface area (Å²) < 4.78 is 0. The fourth-order valence-corrected chi connectivity index (χ4v) is 5.78. The molecule has 3 atom stereocenters. The molecule has 0 aromatic heterocycles. The van der Waals surface area contributed by atoms with Crippen LogP contribution in [0.4, 0.5) is 10.5 Å². The summed E-state index contributed by atoms with van der Waals surface area (Å²) in [5.41, 5.74) is 6.86. The van der Waals surface area contributed by atoms with Crippen molar-refractivity contribution in [3.63, 3.8) is 0 Å². The predicted molar refractivity (Wildman–Crippen MR) is 180 cm³/mol. The van der Waals surface area contributed by atoms with Gasteiger partial charge in [-0.1, -0.05) is 71.0 Å². The van der Waals surface area contributed by atoms with E-state index < -0.39 is 29.9 Å². The van der Waals surface area contributed by atoms with Crippen molar-refractivity contribution < 1.29 is 28.8 Å². The van der Waals surface area contributed by atoms with Gasteiger partial charge >= 0.3 is 6.03 Å². The van der Waals surface area contributed by atoms with Gasteiger partial charge in [0.1, 0.15) is 19.9 Å². The highest BCUT2D eigenvalue weighted by Gasteiger charge is 2.41. The number of primary amides is 1. The quantitative estimate of drug-likeness (QED) is 0.0828. The minimum absolute atomic E-state index is 0.0762. The Morgan fingerprint density at radius 2 is 1.63 bits per heavy atom. The number of nitrogens with zero attached hydrogens (tertiary/aromatic N) is 1. The highest BCUT2D eigenvalue weighted by Crippen LogP contribution is 2.31. The Bertz CT molecular complexity index is 1190. The molecule has 46 heavy (non-hydrogen) atoms. The van der Waals surface area contributed by atoms with Crippen LogP contribution in [0.3, 0.4) is 0 Å². The first-order valence-corrected chi connectivity index (χ1v) is 16.8. The minimum Gasteiger partial charge on any atom is -0.352 e. The Morgan fingerprint density at radius 1 is 0.957 bits per heavy atom. The monoisotopic (exact) mass is 640 g/mol. The van der Waals surface area contributed by atoms with Gasteiger partial charge in [0, 0.05) is 31.6 Å². The average Bonchev–Trinajstić information content (AvgIpc) is 3.30. The number of carbonyl (C=O) groups is 6. The van der Waals surface area contributed by atoms with E-state index in [0.29, 0.717) is 37.9 Å². The lowest BCUT2D eigenvalue weighted by molar-refractivity contribution is -0.140. The first-order valence-electron chi connectivity index (χ1n) is 16.8. The van der Waals surface area contributed by atoms with Gasteiger partial charge < -0.3 is 27.0 Å². The maximum Gasteiger partial charge on any atom is 0.312 e. The van der Waals surface area contributed by atoms with Gasteiger partial charge in [0.25, 0.3) is 0 Å².